The highest BCUT2D eigenvalue weighted by atomic mass is 16.7. The Morgan fingerprint density at radius 2 is 1.22 bits per heavy atom. The molecule has 0 amide bonds. The van der Waals surface area contributed by atoms with Gasteiger partial charge in [-0.25, -0.2) is 0 Å². The maximum atomic E-state index is 10.3. The third-order valence-corrected chi connectivity index (χ3v) is 6.42. The minimum Gasteiger partial charge on any atom is -0.394 e. The summed E-state index contributed by atoms with van der Waals surface area (Å²) >= 11 is 0. The van der Waals surface area contributed by atoms with Crippen LogP contribution in [0.2, 0.25) is 0 Å². The van der Waals surface area contributed by atoms with Gasteiger partial charge in [-0.2, -0.15) is 0 Å². The monoisotopic (exact) mass is 468 g/mol. The second kappa shape index (κ2) is 10.8. The van der Waals surface area contributed by atoms with Gasteiger partial charge < -0.3 is 72.5 Å². The molecule has 3 rings (SSSR count). The van der Waals surface area contributed by atoms with Crippen molar-refractivity contribution in [2.45, 2.75) is 98.5 Å². The van der Waals surface area contributed by atoms with E-state index >= 15 is 0 Å². The molecule has 14 N–H and O–H groups in total. The predicted molar refractivity (Wildman–Crippen MR) is 106 cm³/mol. The van der Waals surface area contributed by atoms with Gasteiger partial charge in [-0.05, 0) is 6.42 Å². The van der Waals surface area contributed by atoms with Crippen LogP contribution >= 0.6 is 0 Å². The van der Waals surface area contributed by atoms with Gasteiger partial charge in [-0.3, -0.25) is 0 Å². The lowest BCUT2D eigenvalue weighted by molar-refractivity contribution is -0.318. The summed E-state index contributed by atoms with van der Waals surface area (Å²) in [5, 5.41) is 59.9. The second-order valence-electron chi connectivity index (χ2n) is 8.68. The van der Waals surface area contributed by atoms with Crippen LogP contribution in [-0.2, 0) is 18.9 Å². The Kier molecular flexibility index (Phi) is 8.79. The number of hydrogen-bond acceptors (Lipinski definition) is 14. The maximum Gasteiger partial charge on any atom is 0.186 e. The molecule has 0 spiro atoms. The second-order valence-corrected chi connectivity index (χ2v) is 8.68. The quantitative estimate of drug-likeness (QED) is 0.174. The van der Waals surface area contributed by atoms with E-state index in [0.29, 0.717) is 0 Å². The lowest BCUT2D eigenvalue weighted by Crippen LogP contribution is -2.65. The summed E-state index contributed by atoms with van der Waals surface area (Å²) in [5.74, 6) is 0. The highest BCUT2D eigenvalue weighted by molar-refractivity contribution is 4.97. The van der Waals surface area contributed by atoms with Crippen LogP contribution in [0.25, 0.3) is 0 Å². The summed E-state index contributed by atoms with van der Waals surface area (Å²) in [4.78, 5) is 0. The molecule has 0 radical (unpaired) electrons. The van der Waals surface area contributed by atoms with Crippen molar-refractivity contribution >= 4 is 0 Å². The number of rotatable bonds is 6. The Morgan fingerprint density at radius 3 is 1.75 bits per heavy atom. The van der Waals surface area contributed by atoms with Crippen molar-refractivity contribution in [3.05, 3.63) is 0 Å². The number of aliphatic hydroxyl groups excluding tert-OH is 6. The molecule has 0 bridgehead atoms. The van der Waals surface area contributed by atoms with Gasteiger partial charge in [-0.1, -0.05) is 0 Å². The lowest BCUT2D eigenvalue weighted by atomic mass is 9.86. The van der Waals surface area contributed by atoms with E-state index in [9.17, 15) is 30.6 Å². The molecule has 32 heavy (non-hydrogen) atoms. The summed E-state index contributed by atoms with van der Waals surface area (Å²) in [6.07, 6.45) is -12.7. The minimum absolute atomic E-state index is 0.104. The molecular formula is C18H36N4O10. The molecule has 14 heteroatoms. The molecule has 14 nitrogen and oxygen atoms in total. The van der Waals surface area contributed by atoms with Gasteiger partial charge in [0.1, 0.15) is 42.7 Å². The number of aliphatic hydroxyl groups is 6. The first kappa shape index (κ1) is 26.1. The highest BCUT2D eigenvalue weighted by Crippen LogP contribution is 2.30. The molecule has 0 aromatic rings. The van der Waals surface area contributed by atoms with Crippen LogP contribution in [0.4, 0.5) is 0 Å². The highest BCUT2D eigenvalue weighted by Gasteiger charge is 2.48. The van der Waals surface area contributed by atoms with Crippen molar-refractivity contribution in [1.82, 2.24) is 0 Å². The molecule has 3 aliphatic rings. The van der Waals surface area contributed by atoms with Crippen LogP contribution in [0.5, 0.6) is 0 Å². The van der Waals surface area contributed by atoms with Crippen molar-refractivity contribution in [3.8, 4) is 0 Å². The van der Waals surface area contributed by atoms with Crippen molar-refractivity contribution < 1.29 is 49.6 Å². The van der Waals surface area contributed by atoms with Gasteiger partial charge in [0.2, 0.25) is 0 Å². The van der Waals surface area contributed by atoms with Crippen molar-refractivity contribution in [3.63, 3.8) is 0 Å². The van der Waals surface area contributed by atoms with E-state index < -0.39 is 92.2 Å². The Hall–Kier alpha value is -0.560. The molecule has 1 saturated carbocycles. The Morgan fingerprint density at radius 1 is 0.688 bits per heavy atom. The largest absolute Gasteiger partial charge is 0.394 e. The van der Waals surface area contributed by atoms with Crippen LogP contribution in [0.15, 0.2) is 0 Å². The van der Waals surface area contributed by atoms with Gasteiger partial charge >= 0.3 is 0 Å². The summed E-state index contributed by atoms with van der Waals surface area (Å²) in [6, 6.07) is -2.22. The van der Waals surface area contributed by atoms with Gasteiger partial charge in [0.15, 0.2) is 12.6 Å². The van der Waals surface area contributed by atoms with E-state index in [-0.39, 0.29) is 19.4 Å². The van der Waals surface area contributed by atoms with Crippen LogP contribution in [0, 0.1) is 0 Å². The standard InChI is InChI=1S/C18H36N4O10/c19-3-9-13(25)15(27)16(28)18(31-9)30-8-2-7(5(20)1-6(8)21)29-17-14(26)11(22)12(24)10(4-23)32-17/h5-18,23-28H,1-4,19-22H2/t5-,6-,7-,8?,9-,10-,11+,12-,13-,14-,15?,16-,17+,18?/m1/s1. The molecule has 0 aromatic heterocycles. The predicted octanol–water partition coefficient (Wildman–Crippen LogP) is -6.26. The molecule has 188 valence electrons. The van der Waals surface area contributed by atoms with Crippen LogP contribution in [-0.4, -0.2) is 129 Å². The van der Waals surface area contributed by atoms with Crippen molar-refractivity contribution in [2.75, 3.05) is 13.2 Å². The molecule has 3 fully saturated rings. The minimum atomic E-state index is -1.54. The summed E-state index contributed by atoms with van der Waals surface area (Å²) in [7, 11) is 0. The number of hydrogen-bond donors (Lipinski definition) is 10. The van der Waals surface area contributed by atoms with Gasteiger partial charge in [0, 0.05) is 25.0 Å². The lowest BCUT2D eigenvalue weighted by Gasteiger charge is -2.46. The average molecular weight is 469 g/mol. The molecule has 1 aliphatic carbocycles. The van der Waals surface area contributed by atoms with Crippen molar-refractivity contribution in [2.24, 2.45) is 22.9 Å². The van der Waals surface area contributed by atoms with Crippen LogP contribution in [0.1, 0.15) is 12.8 Å². The first-order valence-corrected chi connectivity index (χ1v) is 10.7. The Bertz CT molecular complexity index is 556. The van der Waals surface area contributed by atoms with Gasteiger partial charge in [-0.15, -0.1) is 0 Å². The molecule has 14 atom stereocenters. The van der Waals surface area contributed by atoms with Crippen LogP contribution < -0.4 is 22.9 Å². The molecule has 2 saturated heterocycles. The molecule has 3 unspecified atom stereocenters. The third kappa shape index (κ3) is 5.24. The van der Waals surface area contributed by atoms with E-state index in [4.69, 9.17) is 41.9 Å². The van der Waals surface area contributed by atoms with Crippen LogP contribution in [0.3, 0.4) is 0 Å². The average Bonchev–Trinajstić information content (AvgIpc) is 2.77. The first-order chi connectivity index (χ1) is 15.1. The fraction of sp³-hybridized carbons (Fsp3) is 1.00. The fourth-order valence-electron chi connectivity index (χ4n) is 4.31. The van der Waals surface area contributed by atoms with E-state index in [1.54, 1.807) is 0 Å². The summed E-state index contributed by atoms with van der Waals surface area (Å²) in [5.41, 5.74) is 23.7. The fourth-order valence-corrected chi connectivity index (χ4v) is 4.31. The first-order valence-electron chi connectivity index (χ1n) is 10.7. The SMILES string of the molecule is NC[C@H]1OC(OC2C[C@@H](O[C@H]3O[C@H](CO)[C@@H](O)[C@H](N)[C@H]3O)[C@H](N)C[C@H]2N)[C@H](O)C(O)[C@@H]1O. The maximum absolute atomic E-state index is 10.3. The summed E-state index contributed by atoms with van der Waals surface area (Å²) < 4.78 is 22.6. The Labute approximate surface area is 185 Å². The van der Waals surface area contributed by atoms with E-state index in [0.717, 1.165) is 0 Å². The molecule has 0 aromatic carbocycles. The molecule has 2 aliphatic heterocycles. The van der Waals surface area contributed by atoms with Gasteiger partial charge in [0.05, 0.1) is 24.9 Å². The van der Waals surface area contributed by atoms with E-state index in [2.05, 4.69) is 0 Å². The Balaban J connectivity index is 1.66. The normalized spacial score (nSPS) is 52.7. The van der Waals surface area contributed by atoms with Gasteiger partial charge in [0.25, 0.3) is 0 Å². The zero-order chi connectivity index (χ0) is 23.7. The number of ether oxygens (including phenoxy) is 4. The molecular weight excluding hydrogens is 432 g/mol. The summed E-state index contributed by atoms with van der Waals surface area (Å²) in [6.45, 7) is -0.630. The van der Waals surface area contributed by atoms with Crippen molar-refractivity contribution in [1.29, 1.82) is 0 Å². The van der Waals surface area contributed by atoms with E-state index in [1.165, 1.54) is 0 Å². The zero-order valence-electron chi connectivity index (χ0n) is 17.5. The topological polar surface area (TPSA) is 262 Å². The number of nitrogens with two attached hydrogens (primary N) is 4. The van der Waals surface area contributed by atoms with E-state index in [1.807, 2.05) is 0 Å². The smallest absolute Gasteiger partial charge is 0.186 e. The zero-order valence-corrected chi connectivity index (χ0v) is 17.5. The third-order valence-electron chi connectivity index (χ3n) is 6.42. The molecule has 2 heterocycles.